The molecule has 0 aromatic carbocycles. The number of nitrogens with two attached hydrogens (primary N) is 1. The van der Waals surface area contributed by atoms with Gasteiger partial charge in [0.15, 0.2) is 0 Å². The summed E-state index contributed by atoms with van der Waals surface area (Å²) in [4.78, 5) is 158. The number of rotatable bonds is 30. The molecule has 0 aliphatic rings. The van der Waals surface area contributed by atoms with Crippen molar-refractivity contribution in [1.29, 1.82) is 0 Å². The van der Waals surface area contributed by atoms with E-state index in [-0.39, 0.29) is 0 Å². The second-order valence-corrected chi connectivity index (χ2v) is 13.6. The number of carbonyl (C=O) groups excluding carboxylic acids is 12. The van der Waals surface area contributed by atoms with Crippen molar-refractivity contribution < 1.29 is 93.0 Å². The van der Waals surface area contributed by atoms with E-state index in [2.05, 4.69) is 58.5 Å². The Morgan fingerprint density at radius 3 is 1.09 bits per heavy atom. The smallest absolute Gasteiger partial charge is 0.325 e. The molecule has 0 aliphatic heterocycles. The number of amides is 12. The third kappa shape index (κ3) is 23.0. The lowest BCUT2D eigenvalue weighted by Crippen LogP contribution is -2.59. The van der Waals surface area contributed by atoms with Gasteiger partial charge in [-0.25, -0.2) is 0 Å². The summed E-state index contributed by atoms with van der Waals surface area (Å²) in [6, 6.07) is -10.9. The van der Waals surface area contributed by atoms with Gasteiger partial charge in [0.05, 0.1) is 71.8 Å². The highest BCUT2D eigenvalue weighted by atomic mass is 16.4. The van der Waals surface area contributed by atoms with E-state index in [0.717, 1.165) is 13.8 Å². The Hall–Kier alpha value is -7.13. The van der Waals surface area contributed by atoms with Crippen molar-refractivity contribution in [3.63, 3.8) is 0 Å². The van der Waals surface area contributed by atoms with Crippen LogP contribution in [0.4, 0.5) is 0 Å². The topological polar surface area (TPSA) is 514 Å². The van der Waals surface area contributed by atoms with Gasteiger partial charge in [-0.1, -0.05) is 0 Å². The van der Waals surface area contributed by atoms with E-state index in [4.69, 9.17) is 10.8 Å². The number of hydrogen-bond acceptors (Lipinski definition) is 19. The normalized spacial score (nSPS) is 14.2. The fraction of sp³-hybridized carbons (Fsp3) is 0.618. The van der Waals surface area contributed by atoms with E-state index in [9.17, 15) is 87.9 Å². The van der Waals surface area contributed by atoms with Gasteiger partial charge in [0.1, 0.15) is 42.3 Å². The first-order valence-corrected chi connectivity index (χ1v) is 19.4. The molecule has 0 saturated carbocycles. The van der Waals surface area contributed by atoms with Crippen molar-refractivity contribution in [3.8, 4) is 0 Å². The molecule has 0 heterocycles. The van der Waals surface area contributed by atoms with E-state index >= 15 is 0 Å². The van der Waals surface area contributed by atoms with Crippen molar-refractivity contribution in [3.05, 3.63) is 0 Å². The standard InChI is InChI=1S/C34H57N13O19/c1-14(42-32(63)20(13-51)46-26(58)9-38-29(60)17(10-48)43-21(53)4-35)28(59)47-27(16(3)52)33(64)40-5-22(54)36-6-24(56)44-18(11-49)31(62)39-8-25(57)45-19(12-50)30(61)37-7-23(55)41-15(2)34(65)66/h14-20,27,48-52H,4-13,35H2,1-3H3,(H,36,54)(H,37,61)(H,38,60)(H,39,62)(H,40,64)(H,41,55)(H,42,63)(H,43,53)(H,44,56)(H,45,57)(H,46,58)(H,47,59)(H,65,66)/t14-,15-,16+,17-,18-,19-,20-,27-/m0/s1. The quantitative estimate of drug-likeness (QED) is 0.0318. The van der Waals surface area contributed by atoms with Crippen LogP contribution in [0.25, 0.3) is 0 Å². The molecule has 66 heavy (non-hydrogen) atoms. The maximum atomic E-state index is 12.8. The van der Waals surface area contributed by atoms with Crippen LogP contribution in [0.3, 0.4) is 0 Å². The predicted octanol–water partition coefficient (Wildman–Crippen LogP) is -13.6. The van der Waals surface area contributed by atoms with E-state index in [1.165, 1.54) is 6.92 Å². The fourth-order valence-corrected chi connectivity index (χ4v) is 4.57. The minimum atomic E-state index is -1.73. The third-order valence-electron chi connectivity index (χ3n) is 8.22. The number of carbonyl (C=O) groups is 13. The summed E-state index contributed by atoms with van der Waals surface area (Å²) < 4.78 is 0. The second kappa shape index (κ2) is 30.9. The van der Waals surface area contributed by atoms with Gasteiger partial charge in [0.2, 0.25) is 70.9 Å². The Balaban J connectivity index is 4.95. The van der Waals surface area contributed by atoms with Crippen LogP contribution < -0.4 is 69.5 Å². The highest BCUT2D eigenvalue weighted by Crippen LogP contribution is 1.97. The highest BCUT2D eigenvalue weighted by molar-refractivity contribution is 5.97. The summed E-state index contributed by atoms with van der Waals surface area (Å²) >= 11 is 0. The first-order chi connectivity index (χ1) is 30.9. The van der Waals surface area contributed by atoms with Crippen molar-refractivity contribution in [2.24, 2.45) is 5.73 Å². The number of hydrogen-bond donors (Lipinski definition) is 19. The van der Waals surface area contributed by atoms with Crippen LogP contribution in [0.2, 0.25) is 0 Å². The number of carboxylic acids is 1. The molecule has 0 fully saturated rings. The van der Waals surface area contributed by atoms with Crippen LogP contribution in [-0.4, -0.2) is 222 Å². The fourth-order valence-electron chi connectivity index (χ4n) is 4.57. The lowest BCUT2D eigenvalue weighted by atomic mass is 10.1. The van der Waals surface area contributed by atoms with Crippen LogP contribution in [0.5, 0.6) is 0 Å². The van der Waals surface area contributed by atoms with Gasteiger partial charge in [-0.3, -0.25) is 62.3 Å². The van der Waals surface area contributed by atoms with Crippen molar-refractivity contribution in [1.82, 2.24) is 63.8 Å². The lowest BCUT2D eigenvalue weighted by Gasteiger charge is -2.24. The van der Waals surface area contributed by atoms with E-state index in [0.29, 0.717) is 0 Å². The first-order valence-electron chi connectivity index (χ1n) is 19.4. The lowest BCUT2D eigenvalue weighted by molar-refractivity contribution is -0.141. The Kier molecular flexibility index (Phi) is 27.5. The number of aliphatic hydroxyl groups is 5. The van der Waals surface area contributed by atoms with Crippen LogP contribution in [0, 0.1) is 0 Å². The molecular weight excluding hydrogens is 894 g/mol. The number of nitrogens with one attached hydrogen (secondary N) is 12. The number of carboxylic acid groups (broad SMARTS) is 1. The van der Waals surface area contributed by atoms with Gasteiger partial charge in [-0.2, -0.15) is 0 Å². The van der Waals surface area contributed by atoms with Gasteiger partial charge in [0.25, 0.3) is 0 Å². The zero-order chi connectivity index (χ0) is 50.7. The Labute approximate surface area is 374 Å². The van der Waals surface area contributed by atoms with Crippen molar-refractivity contribution in [2.75, 3.05) is 65.7 Å². The van der Waals surface area contributed by atoms with Gasteiger partial charge < -0.3 is 100 Å². The van der Waals surface area contributed by atoms with Crippen LogP contribution >= 0.6 is 0 Å². The Morgan fingerprint density at radius 2 is 0.727 bits per heavy atom. The highest BCUT2D eigenvalue weighted by Gasteiger charge is 2.31. The predicted molar refractivity (Wildman–Crippen MR) is 217 cm³/mol. The molecule has 12 amide bonds. The Morgan fingerprint density at radius 1 is 0.394 bits per heavy atom. The molecule has 0 radical (unpaired) electrons. The molecule has 372 valence electrons. The SMILES string of the molecule is C[C@H](NC(=O)CNC(=O)[C@H](CO)NC(=O)CNC(=O)[C@H](CO)NC(=O)CNC(=O)CNC(=O)[C@@H](NC(=O)[C@H](C)NC(=O)[C@H](CO)NC(=O)CNC(=O)[C@H](CO)NC(=O)CN)[C@@H](C)O)C(=O)O. The van der Waals surface area contributed by atoms with E-state index < -0.39 is 191 Å². The zero-order valence-corrected chi connectivity index (χ0v) is 35.8. The first kappa shape index (κ1) is 58.9. The molecule has 20 N–H and O–H groups in total. The number of aliphatic carboxylic acids is 1. The van der Waals surface area contributed by atoms with Crippen LogP contribution in [0.1, 0.15) is 20.8 Å². The van der Waals surface area contributed by atoms with E-state index in [1.807, 2.05) is 5.32 Å². The third-order valence-corrected chi connectivity index (χ3v) is 8.22. The minimum Gasteiger partial charge on any atom is -0.480 e. The molecule has 0 bridgehead atoms. The van der Waals surface area contributed by atoms with Gasteiger partial charge >= 0.3 is 5.97 Å². The average Bonchev–Trinajstić information content (AvgIpc) is 3.27. The molecule has 32 heteroatoms. The number of aliphatic hydroxyl groups excluding tert-OH is 5. The van der Waals surface area contributed by atoms with Gasteiger partial charge in [-0.15, -0.1) is 0 Å². The maximum Gasteiger partial charge on any atom is 0.325 e. The minimum absolute atomic E-state index is 0.487. The monoisotopic (exact) mass is 951 g/mol. The molecule has 0 rings (SSSR count). The summed E-state index contributed by atoms with van der Waals surface area (Å²) in [5.74, 6) is -13.5. The Bertz CT molecular complexity index is 1770. The summed E-state index contributed by atoms with van der Waals surface area (Å²) in [7, 11) is 0. The average molecular weight is 952 g/mol. The maximum absolute atomic E-state index is 12.8. The molecule has 32 nitrogen and oxygen atoms in total. The molecule has 8 atom stereocenters. The summed E-state index contributed by atoms with van der Waals surface area (Å²) in [5.41, 5.74) is 5.13. The molecule has 0 unspecified atom stereocenters. The van der Waals surface area contributed by atoms with Crippen LogP contribution in [-0.2, 0) is 62.3 Å². The molecular formula is C34H57N13O19. The summed E-state index contributed by atoms with van der Waals surface area (Å²) in [6.45, 7) is -4.85. The van der Waals surface area contributed by atoms with E-state index in [1.54, 1.807) is 0 Å². The van der Waals surface area contributed by atoms with Crippen molar-refractivity contribution >= 4 is 76.9 Å². The van der Waals surface area contributed by atoms with Gasteiger partial charge in [-0.05, 0) is 20.8 Å². The molecule has 0 aromatic heterocycles. The molecule has 0 spiro atoms. The zero-order valence-electron chi connectivity index (χ0n) is 35.8. The van der Waals surface area contributed by atoms with Crippen LogP contribution in [0.15, 0.2) is 0 Å². The molecule has 0 saturated heterocycles. The molecule has 0 aromatic rings. The summed E-state index contributed by atoms with van der Waals surface area (Å²) in [6.07, 6.45) is -1.59. The summed E-state index contributed by atoms with van der Waals surface area (Å²) in [5, 5.41) is 81.9. The van der Waals surface area contributed by atoms with Crippen molar-refractivity contribution in [2.45, 2.75) is 69.2 Å². The van der Waals surface area contributed by atoms with Gasteiger partial charge in [0, 0.05) is 0 Å². The molecule has 0 aliphatic carbocycles. The largest absolute Gasteiger partial charge is 0.480 e. The second-order valence-electron chi connectivity index (χ2n) is 13.6.